The van der Waals surface area contributed by atoms with Crippen molar-refractivity contribution in [3.05, 3.63) is 35.4 Å². The van der Waals surface area contributed by atoms with Gasteiger partial charge in [-0.15, -0.1) is 0 Å². The molecule has 0 aromatic heterocycles. The molecule has 22 heavy (non-hydrogen) atoms. The summed E-state index contributed by atoms with van der Waals surface area (Å²) >= 11 is 0. The first-order valence-electron chi connectivity index (χ1n) is 9.78. The predicted molar refractivity (Wildman–Crippen MR) is 98.3 cm³/mol. The molecule has 0 spiro atoms. The van der Waals surface area contributed by atoms with Crippen LogP contribution in [0.3, 0.4) is 0 Å². The van der Waals surface area contributed by atoms with Crippen LogP contribution in [0.5, 0.6) is 0 Å². The SMILES string of the molecule is CCCCCCCCc1ccc(CCC2(CC)CC2C)cc1. The minimum absolute atomic E-state index is 0.692. The van der Waals surface area contributed by atoms with Crippen LogP contribution in [-0.4, -0.2) is 0 Å². The highest BCUT2D eigenvalue weighted by atomic mass is 14.5. The number of benzene rings is 1. The number of aryl methyl sites for hydroxylation is 2. The Labute approximate surface area is 138 Å². The van der Waals surface area contributed by atoms with E-state index in [0.717, 1.165) is 5.92 Å². The average molecular weight is 301 g/mol. The van der Waals surface area contributed by atoms with Crippen molar-refractivity contribution in [3.63, 3.8) is 0 Å². The maximum atomic E-state index is 2.42. The lowest BCUT2D eigenvalue weighted by Crippen LogP contribution is -2.03. The second-order valence-corrected chi connectivity index (χ2v) is 7.66. The maximum Gasteiger partial charge on any atom is -0.0268 e. The average Bonchev–Trinajstić information content (AvgIpc) is 3.20. The highest BCUT2D eigenvalue weighted by Gasteiger charge is 2.48. The van der Waals surface area contributed by atoms with Gasteiger partial charge in [0.25, 0.3) is 0 Å². The van der Waals surface area contributed by atoms with Gasteiger partial charge in [-0.3, -0.25) is 0 Å². The topological polar surface area (TPSA) is 0 Å². The fourth-order valence-corrected chi connectivity index (χ4v) is 3.94. The summed E-state index contributed by atoms with van der Waals surface area (Å²) < 4.78 is 0. The van der Waals surface area contributed by atoms with Gasteiger partial charge in [-0.2, -0.15) is 0 Å². The third-order valence-corrected chi connectivity index (χ3v) is 6.06. The van der Waals surface area contributed by atoms with Crippen molar-refractivity contribution < 1.29 is 0 Å². The van der Waals surface area contributed by atoms with Gasteiger partial charge in [0.15, 0.2) is 0 Å². The highest BCUT2D eigenvalue weighted by Crippen LogP contribution is 2.57. The molecule has 2 rings (SSSR count). The monoisotopic (exact) mass is 300 g/mol. The van der Waals surface area contributed by atoms with Crippen LogP contribution in [0.4, 0.5) is 0 Å². The first-order valence-corrected chi connectivity index (χ1v) is 9.78. The molecule has 0 nitrogen and oxygen atoms in total. The third-order valence-electron chi connectivity index (χ3n) is 6.06. The van der Waals surface area contributed by atoms with Crippen LogP contribution in [0, 0.1) is 11.3 Å². The normalized spacial score (nSPS) is 23.7. The standard InChI is InChI=1S/C22H36/c1-4-6-7-8-9-10-11-20-12-14-21(15-13-20)16-17-22(5-2)18-19(22)3/h12-15,19H,4-11,16-18H2,1-3H3. The van der Waals surface area contributed by atoms with Gasteiger partial charge in [-0.05, 0) is 54.6 Å². The zero-order valence-corrected chi connectivity index (χ0v) is 15.2. The van der Waals surface area contributed by atoms with E-state index in [1.165, 1.54) is 76.2 Å². The summed E-state index contributed by atoms with van der Waals surface area (Å²) in [7, 11) is 0. The molecule has 1 aromatic carbocycles. The van der Waals surface area contributed by atoms with Crippen molar-refractivity contribution in [1.29, 1.82) is 0 Å². The van der Waals surface area contributed by atoms with Gasteiger partial charge >= 0.3 is 0 Å². The van der Waals surface area contributed by atoms with Crippen LogP contribution in [0.15, 0.2) is 24.3 Å². The van der Waals surface area contributed by atoms with Gasteiger partial charge in [0.1, 0.15) is 0 Å². The molecule has 0 heteroatoms. The van der Waals surface area contributed by atoms with Crippen LogP contribution in [0.2, 0.25) is 0 Å². The lowest BCUT2D eigenvalue weighted by atomic mass is 9.92. The van der Waals surface area contributed by atoms with E-state index < -0.39 is 0 Å². The van der Waals surface area contributed by atoms with E-state index in [0.29, 0.717) is 5.41 Å². The fraction of sp³-hybridized carbons (Fsp3) is 0.727. The molecule has 2 atom stereocenters. The first kappa shape index (κ1) is 17.6. The molecule has 1 aromatic rings. The van der Waals surface area contributed by atoms with Crippen molar-refractivity contribution in [2.75, 3.05) is 0 Å². The molecule has 0 radical (unpaired) electrons. The van der Waals surface area contributed by atoms with E-state index in [1.54, 1.807) is 5.56 Å². The molecule has 0 amide bonds. The summed E-state index contributed by atoms with van der Waals surface area (Å²) in [5.41, 5.74) is 3.76. The third kappa shape index (κ3) is 5.14. The van der Waals surface area contributed by atoms with Gasteiger partial charge in [0.05, 0.1) is 0 Å². The Bertz CT molecular complexity index is 412. The summed E-state index contributed by atoms with van der Waals surface area (Å²) in [6, 6.07) is 9.50. The lowest BCUT2D eigenvalue weighted by molar-refractivity contribution is 0.413. The van der Waals surface area contributed by atoms with Crippen LogP contribution < -0.4 is 0 Å². The zero-order valence-electron chi connectivity index (χ0n) is 15.2. The van der Waals surface area contributed by atoms with Crippen LogP contribution >= 0.6 is 0 Å². The number of unbranched alkanes of at least 4 members (excludes halogenated alkanes) is 5. The van der Waals surface area contributed by atoms with Gasteiger partial charge in [0, 0.05) is 0 Å². The molecule has 1 fully saturated rings. The predicted octanol–water partition coefficient (Wildman–Crippen LogP) is 6.96. The largest absolute Gasteiger partial charge is 0.0654 e. The van der Waals surface area contributed by atoms with Crippen LogP contribution in [0.25, 0.3) is 0 Å². The molecule has 0 bridgehead atoms. The second kappa shape index (κ2) is 8.75. The summed E-state index contributed by atoms with van der Waals surface area (Å²) in [4.78, 5) is 0. The Hall–Kier alpha value is -0.780. The molecule has 124 valence electrons. The van der Waals surface area contributed by atoms with E-state index in [-0.39, 0.29) is 0 Å². The van der Waals surface area contributed by atoms with Gasteiger partial charge in [-0.1, -0.05) is 83.6 Å². The molecule has 0 aliphatic heterocycles. The van der Waals surface area contributed by atoms with Crippen molar-refractivity contribution >= 4 is 0 Å². The van der Waals surface area contributed by atoms with Crippen LogP contribution in [-0.2, 0) is 12.8 Å². The van der Waals surface area contributed by atoms with E-state index in [2.05, 4.69) is 45.0 Å². The minimum Gasteiger partial charge on any atom is -0.0654 e. The van der Waals surface area contributed by atoms with Crippen molar-refractivity contribution in [3.8, 4) is 0 Å². The zero-order chi connectivity index (χ0) is 15.8. The van der Waals surface area contributed by atoms with E-state index in [1.807, 2.05) is 0 Å². The Kier molecular flexibility index (Phi) is 6.99. The fourth-order valence-electron chi connectivity index (χ4n) is 3.94. The maximum absolute atomic E-state index is 2.42. The molecule has 1 aliphatic rings. The molecule has 1 saturated carbocycles. The molecule has 1 aliphatic carbocycles. The number of rotatable bonds is 11. The summed E-state index contributed by atoms with van der Waals surface area (Å²) in [6.45, 7) is 7.08. The second-order valence-electron chi connectivity index (χ2n) is 7.66. The highest BCUT2D eigenvalue weighted by molar-refractivity contribution is 5.23. The molecular weight excluding hydrogens is 264 g/mol. The quantitative estimate of drug-likeness (QED) is 0.387. The van der Waals surface area contributed by atoms with Gasteiger partial charge in [-0.25, -0.2) is 0 Å². The molecule has 2 unspecified atom stereocenters. The van der Waals surface area contributed by atoms with Crippen LogP contribution in [0.1, 0.15) is 89.7 Å². The Morgan fingerprint density at radius 3 is 1.95 bits per heavy atom. The Morgan fingerprint density at radius 2 is 1.41 bits per heavy atom. The van der Waals surface area contributed by atoms with Crippen molar-refractivity contribution in [1.82, 2.24) is 0 Å². The summed E-state index contributed by atoms with van der Waals surface area (Å²) in [5.74, 6) is 0.962. The Balaban J connectivity index is 1.65. The Morgan fingerprint density at radius 1 is 0.864 bits per heavy atom. The lowest BCUT2D eigenvalue weighted by Gasteiger charge is -2.14. The van der Waals surface area contributed by atoms with E-state index >= 15 is 0 Å². The molecule has 0 heterocycles. The minimum atomic E-state index is 0.692. The van der Waals surface area contributed by atoms with E-state index in [4.69, 9.17) is 0 Å². The smallest absolute Gasteiger partial charge is 0.0268 e. The van der Waals surface area contributed by atoms with Gasteiger partial charge in [0.2, 0.25) is 0 Å². The molecular formula is C22H36. The van der Waals surface area contributed by atoms with E-state index in [9.17, 15) is 0 Å². The van der Waals surface area contributed by atoms with Crippen molar-refractivity contribution in [2.45, 2.75) is 91.4 Å². The van der Waals surface area contributed by atoms with Crippen molar-refractivity contribution in [2.24, 2.45) is 11.3 Å². The number of hydrogen-bond acceptors (Lipinski definition) is 0. The summed E-state index contributed by atoms with van der Waals surface area (Å²) in [5, 5.41) is 0. The molecule has 0 saturated heterocycles. The summed E-state index contributed by atoms with van der Waals surface area (Å²) in [6.07, 6.45) is 15.1. The number of hydrogen-bond donors (Lipinski definition) is 0. The first-order chi connectivity index (χ1) is 10.7. The molecule has 0 N–H and O–H groups in total. The van der Waals surface area contributed by atoms with Gasteiger partial charge < -0.3 is 0 Å².